The van der Waals surface area contributed by atoms with E-state index in [2.05, 4.69) is 35.0 Å². The zero-order valence-electron chi connectivity index (χ0n) is 8.61. The lowest BCUT2D eigenvalue weighted by Crippen LogP contribution is -2.22. The van der Waals surface area contributed by atoms with Gasteiger partial charge in [0.25, 0.3) is 0 Å². The highest BCUT2D eigenvalue weighted by Gasteiger charge is 1.97. The summed E-state index contributed by atoms with van der Waals surface area (Å²) in [6, 6.07) is 4.10. The van der Waals surface area contributed by atoms with Gasteiger partial charge in [0.1, 0.15) is 0 Å². The monoisotopic (exact) mass is 188 g/mol. The number of rotatable bonds is 5. The molecule has 2 nitrogen and oxygen atoms in total. The molecule has 14 heavy (non-hydrogen) atoms. The second-order valence-corrected chi connectivity index (χ2v) is 3.36. The van der Waals surface area contributed by atoms with E-state index in [0.29, 0.717) is 0 Å². The molecule has 0 aliphatic heterocycles. The van der Waals surface area contributed by atoms with E-state index in [1.807, 2.05) is 12.4 Å². The van der Waals surface area contributed by atoms with Crippen LogP contribution in [0, 0.1) is 12.3 Å². The Morgan fingerprint density at radius 3 is 2.71 bits per heavy atom. The van der Waals surface area contributed by atoms with Crippen LogP contribution in [-0.2, 0) is 6.42 Å². The minimum atomic E-state index is 0.826. The van der Waals surface area contributed by atoms with Crippen molar-refractivity contribution in [1.82, 2.24) is 9.88 Å². The van der Waals surface area contributed by atoms with E-state index in [1.165, 1.54) is 5.56 Å². The first kappa shape index (κ1) is 10.7. The summed E-state index contributed by atoms with van der Waals surface area (Å²) >= 11 is 0. The van der Waals surface area contributed by atoms with E-state index in [0.717, 1.165) is 25.9 Å². The molecule has 0 spiro atoms. The third kappa shape index (κ3) is 4.06. The molecule has 0 saturated carbocycles. The van der Waals surface area contributed by atoms with Crippen molar-refractivity contribution in [2.45, 2.75) is 12.8 Å². The predicted molar refractivity (Wildman–Crippen MR) is 58.9 cm³/mol. The van der Waals surface area contributed by atoms with E-state index < -0.39 is 0 Å². The molecule has 1 aromatic heterocycles. The molecule has 1 heterocycles. The Morgan fingerprint density at radius 1 is 1.36 bits per heavy atom. The maximum Gasteiger partial charge on any atom is 0.0270 e. The van der Waals surface area contributed by atoms with Crippen molar-refractivity contribution < 1.29 is 0 Å². The Hall–Kier alpha value is -1.33. The molecule has 0 bridgehead atoms. The molecule has 2 heteroatoms. The van der Waals surface area contributed by atoms with Gasteiger partial charge in [-0.05, 0) is 31.2 Å². The summed E-state index contributed by atoms with van der Waals surface area (Å²) in [7, 11) is 2.10. The molecule has 0 aliphatic carbocycles. The third-order valence-corrected chi connectivity index (χ3v) is 2.17. The lowest BCUT2D eigenvalue weighted by atomic mass is 10.2. The van der Waals surface area contributed by atoms with Gasteiger partial charge in [-0.25, -0.2) is 0 Å². The normalized spacial score (nSPS) is 10.1. The zero-order valence-corrected chi connectivity index (χ0v) is 8.61. The van der Waals surface area contributed by atoms with Gasteiger partial charge in [-0.3, -0.25) is 4.98 Å². The fourth-order valence-corrected chi connectivity index (χ4v) is 1.24. The van der Waals surface area contributed by atoms with Crippen LogP contribution in [-0.4, -0.2) is 30.0 Å². The molecular formula is C12H16N2. The number of aromatic nitrogens is 1. The van der Waals surface area contributed by atoms with Crippen LogP contribution in [0.5, 0.6) is 0 Å². The second kappa shape index (κ2) is 6.17. The Labute approximate surface area is 86.0 Å². The van der Waals surface area contributed by atoms with E-state index in [-0.39, 0.29) is 0 Å². The van der Waals surface area contributed by atoms with Gasteiger partial charge in [0.05, 0.1) is 0 Å². The first-order chi connectivity index (χ1) is 6.83. The maximum atomic E-state index is 5.20. The molecular weight excluding hydrogens is 172 g/mol. The van der Waals surface area contributed by atoms with Crippen LogP contribution >= 0.6 is 0 Å². The molecule has 0 radical (unpaired) electrons. The van der Waals surface area contributed by atoms with Gasteiger partial charge >= 0.3 is 0 Å². The molecule has 74 valence electrons. The minimum Gasteiger partial charge on any atom is -0.305 e. The number of pyridine rings is 1. The van der Waals surface area contributed by atoms with Gasteiger partial charge in [0, 0.05) is 31.9 Å². The number of hydrogen-bond acceptors (Lipinski definition) is 2. The standard InChI is InChI=1S/C12H16N2/c1-3-4-10-14(2)11-7-12-5-8-13-9-6-12/h1,5-6,8-9H,4,7,10-11H2,2H3. The van der Waals surface area contributed by atoms with Crippen LogP contribution in [0.1, 0.15) is 12.0 Å². The highest BCUT2D eigenvalue weighted by atomic mass is 15.1. The highest BCUT2D eigenvalue weighted by Crippen LogP contribution is 1.98. The van der Waals surface area contributed by atoms with Crippen molar-refractivity contribution in [2.75, 3.05) is 20.1 Å². The van der Waals surface area contributed by atoms with Gasteiger partial charge in [-0.15, -0.1) is 12.3 Å². The van der Waals surface area contributed by atoms with Crippen molar-refractivity contribution in [1.29, 1.82) is 0 Å². The van der Waals surface area contributed by atoms with Crippen molar-refractivity contribution in [3.8, 4) is 12.3 Å². The second-order valence-electron chi connectivity index (χ2n) is 3.36. The van der Waals surface area contributed by atoms with Crippen LogP contribution in [0.3, 0.4) is 0 Å². The lowest BCUT2D eigenvalue weighted by molar-refractivity contribution is 0.347. The van der Waals surface area contributed by atoms with Crippen LogP contribution in [0.15, 0.2) is 24.5 Å². The number of terminal acetylenes is 1. The molecule has 1 aromatic rings. The Morgan fingerprint density at radius 2 is 2.07 bits per heavy atom. The molecule has 0 aromatic carbocycles. The molecule has 0 fully saturated rings. The first-order valence-electron chi connectivity index (χ1n) is 4.84. The van der Waals surface area contributed by atoms with Crippen LogP contribution in [0.25, 0.3) is 0 Å². The molecule has 0 amide bonds. The van der Waals surface area contributed by atoms with Crippen LogP contribution in [0.4, 0.5) is 0 Å². The topological polar surface area (TPSA) is 16.1 Å². The van der Waals surface area contributed by atoms with Gasteiger partial charge in [-0.1, -0.05) is 0 Å². The number of hydrogen-bond donors (Lipinski definition) is 0. The molecule has 0 aliphatic rings. The fraction of sp³-hybridized carbons (Fsp3) is 0.417. The van der Waals surface area contributed by atoms with E-state index in [4.69, 9.17) is 6.42 Å². The Balaban J connectivity index is 2.24. The van der Waals surface area contributed by atoms with Gasteiger partial charge in [0.2, 0.25) is 0 Å². The van der Waals surface area contributed by atoms with Gasteiger partial charge in [0.15, 0.2) is 0 Å². The van der Waals surface area contributed by atoms with E-state index in [1.54, 1.807) is 0 Å². The number of likely N-dealkylation sites (N-methyl/N-ethyl adjacent to an activating group) is 1. The molecule has 0 saturated heterocycles. The average Bonchev–Trinajstić information content (AvgIpc) is 2.25. The maximum absolute atomic E-state index is 5.20. The fourth-order valence-electron chi connectivity index (χ4n) is 1.24. The zero-order chi connectivity index (χ0) is 10.2. The summed E-state index contributed by atoms with van der Waals surface area (Å²) in [5.41, 5.74) is 1.33. The minimum absolute atomic E-state index is 0.826. The smallest absolute Gasteiger partial charge is 0.0270 e. The van der Waals surface area contributed by atoms with Crippen molar-refractivity contribution in [2.24, 2.45) is 0 Å². The van der Waals surface area contributed by atoms with E-state index >= 15 is 0 Å². The van der Waals surface area contributed by atoms with Crippen LogP contribution in [0.2, 0.25) is 0 Å². The van der Waals surface area contributed by atoms with Crippen molar-refractivity contribution in [3.63, 3.8) is 0 Å². The molecule has 0 atom stereocenters. The molecule has 0 unspecified atom stereocenters. The Kier molecular flexibility index (Phi) is 4.74. The highest BCUT2D eigenvalue weighted by molar-refractivity contribution is 5.09. The summed E-state index contributed by atoms with van der Waals surface area (Å²) < 4.78 is 0. The summed E-state index contributed by atoms with van der Waals surface area (Å²) in [5.74, 6) is 2.65. The van der Waals surface area contributed by atoms with Crippen molar-refractivity contribution in [3.05, 3.63) is 30.1 Å². The summed E-state index contributed by atoms with van der Waals surface area (Å²) in [6.45, 7) is 2.02. The third-order valence-electron chi connectivity index (χ3n) is 2.17. The van der Waals surface area contributed by atoms with Crippen molar-refractivity contribution >= 4 is 0 Å². The Bertz CT molecular complexity index is 287. The quantitative estimate of drug-likeness (QED) is 0.652. The molecule has 1 rings (SSSR count). The van der Waals surface area contributed by atoms with Gasteiger partial charge in [-0.2, -0.15) is 0 Å². The first-order valence-corrected chi connectivity index (χ1v) is 4.84. The SMILES string of the molecule is C#CCCN(C)CCc1ccncc1. The summed E-state index contributed by atoms with van der Waals surface area (Å²) in [6.07, 6.45) is 10.7. The lowest BCUT2D eigenvalue weighted by Gasteiger charge is -2.14. The summed E-state index contributed by atoms with van der Waals surface area (Å²) in [4.78, 5) is 6.23. The van der Waals surface area contributed by atoms with Crippen LogP contribution < -0.4 is 0 Å². The number of nitrogens with zero attached hydrogens (tertiary/aromatic N) is 2. The predicted octanol–water partition coefficient (Wildman–Crippen LogP) is 1.58. The largest absolute Gasteiger partial charge is 0.305 e. The van der Waals surface area contributed by atoms with Gasteiger partial charge < -0.3 is 4.90 Å². The summed E-state index contributed by atoms with van der Waals surface area (Å²) in [5, 5.41) is 0. The average molecular weight is 188 g/mol. The molecule has 0 N–H and O–H groups in total. The van der Waals surface area contributed by atoms with E-state index in [9.17, 15) is 0 Å².